The van der Waals surface area contributed by atoms with Gasteiger partial charge in [-0.05, 0) is 25.1 Å². The first-order valence-electron chi connectivity index (χ1n) is 6.01. The molecule has 1 N–H and O–H groups in total. The summed E-state index contributed by atoms with van der Waals surface area (Å²) in [5.74, 6) is -0.0871. The van der Waals surface area contributed by atoms with Crippen LogP contribution in [0, 0.1) is 12.7 Å². The van der Waals surface area contributed by atoms with Crippen LogP contribution in [0.3, 0.4) is 0 Å². The Bertz CT molecular complexity index is 779. The molecule has 0 bridgehead atoms. The summed E-state index contributed by atoms with van der Waals surface area (Å²) in [5.41, 5.74) is 3.59. The molecule has 3 aromatic rings. The van der Waals surface area contributed by atoms with Gasteiger partial charge in [-0.2, -0.15) is 0 Å². The number of nitrogens with zero attached hydrogens (tertiary/aromatic N) is 3. The van der Waals surface area contributed by atoms with Gasteiger partial charge in [-0.15, -0.1) is 0 Å². The molecule has 0 fully saturated rings. The second kappa shape index (κ2) is 4.73. The van der Waals surface area contributed by atoms with Gasteiger partial charge in [0.1, 0.15) is 11.6 Å². The number of nitrogens with one attached hydrogen (secondary N) is 1. The number of hydrogen-bond donors (Lipinski definition) is 1. The van der Waals surface area contributed by atoms with Crippen LogP contribution in [0.4, 0.5) is 4.39 Å². The fraction of sp³-hybridized carbons (Fsp3) is 0.0714. The molecule has 5 nitrogen and oxygen atoms in total. The highest BCUT2D eigenvalue weighted by molar-refractivity contribution is 6.00. The average molecular weight is 270 g/mol. The first-order valence-corrected chi connectivity index (χ1v) is 6.01. The standard InChI is InChI=1S/C14H11FN4O/c1-9-16-7-10(8-17-9)14(20)18-19-6-5-11-12(15)3-2-4-13(11)19/h2-8H,1H3,(H,18,20). The minimum atomic E-state index is -0.355. The quantitative estimate of drug-likeness (QED) is 0.777. The Morgan fingerprint density at radius 3 is 2.75 bits per heavy atom. The Hall–Kier alpha value is -2.76. The van der Waals surface area contributed by atoms with E-state index in [9.17, 15) is 9.18 Å². The Balaban J connectivity index is 1.91. The Labute approximate surface area is 114 Å². The number of fused-ring (bicyclic) bond motifs is 1. The van der Waals surface area contributed by atoms with E-state index in [1.54, 1.807) is 31.3 Å². The minimum absolute atomic E-state index is 0.325. The highest BCUT2D eigenvalue weighted by Crippen LogP contribution is 2.17. The van der Waals surface area contributed by atoms with Gasteiger partial charge < -0.3 is 0 Å². The van der Waals surface area contributed by atoms with Crippen molar-refractivity contribution < 1.29 is 9.18 Å². The van der Waals surface area contributed by atoms with Crippen molar-refractivity contribution in [3.8, 4) is 0 Å². The summed E-state index contributed by atoms with van der Waals surface area (Å²) in [6.45, 7) is 1.74. The zero-order chi connectivity index (χ0) is 14.1. The number of carbonyl (C=O) groups excluding carboxylic acids is 1. The number of halogens is 1. The lowest BCUT2D eigenvalue weighted by atomic mass is 10.2. The molecule has 0 unspecified atom stereocenters. The van der Waals surface area contributed by atoms with Crippen molar-refractivity contribution in [1.82, 2.24) is 14.6 Å². The molecule has 3 rings (SSSR count). The number of benzene rings is 1. The normalized spacial score (nSPS) is 10.7. The molecule has 1 amide bonds. The monoisotopic (exact) mass is 270 g/mol. The molecule has 1 aromatic carbocycles. The van der Waals surface area contributed by atoms with Gasteiger partial charge in [-0.1, -0.05) is 6.07 Å². The van der Waals surface area contributed by atoms with Crippen LogP contribution < -0.4 is 5.43 Å². The van der Waals surface area contributed by atoms with Gasteiger partial charge in [0.2, 0.25) is 0 Å². The minimum Gasteiger partial charge on any atom is -0.267 e. The molecule has 0 aliphatic rings. The van der Waals surface area contributed by atoms with Crippen LogP contribution in [0.1, 0.15) is 16.2 Å². The van der Waals surface area contributed by atoms with Crippen LogP contribution in [0.5, 0.6) is 0 Å². The molecule has 20 heavy (non-hydrogen) atoms. The summed E-state index contributed by atoms with van der Waals surface area (Å²) >= 11 is 0. The molecule has 0 spiro atoms. The van der Waals surface area contributed by atoms with Crippen molar-refractivity contribution in [3.63, 3.8) is 0 Å². The molecule has 0 atom stereocenters. The van der Waals surface area contributed by atoms with E-state index in [-0.39, 0.29) is 11.7 Å². The van der Waals surface area contributed by atoms with Crippen LogP contribution >= 0.6 is 0 Å². The number of hydrogen-bond acceptors (Lipinski definition) is 3. The van der Waals surface area contributed by atoms with E-state index < -0.39 is 0 Å². The van der Waals surface area contributed by atoms with Crippen LogP contribution in [-0.4, -0.2) is 20.6 Å². The maximum Gasteiger partial charge on any atom is 0.273 e. The maximum absolute atomic E-state index is 13.6. The molecule has 0 aliphatic carbocycles. The first kappa shape index (κ1) is 12.3. The van der Waals surface area contributed by atoms with Gasteiger partial charge >= 0.3 is 0 Å². The third-order valence-electron chi connectivity index (χ3n) is 2.94. The molecule has 0 aliphatic heterocycles. The van der Waals surface area contributed by atoms with Crippen molar-refractivity contribution in [2.75, 3.05) is 5.43 Å². The SMILES string of the molecule is Cc1ncc(C(=O)Nn2ccc3c(F)cccc32)cn1. The van der Waals surface area contributed by atoms with Crippen molar-refractivity contribution >= 4 is 16.8 Å². The summed E-state index contributed by atoms with van der Waals surface area (Å²) in [5, 5.41) is 0.452. The van der Waals surface area contributed by atoms with Crippen LogP contribution in [0.2, 0.25) is 0 Å². The van der Waals surface area contributed by atoms with Crippen molar-refractivity contribution in [2.24, 2.45) is 0 Å². The number of aromatic nitrogens is 3. The Morgan fingerprint density at radius 1 is 1.25 bits per heavy atom. The zero-order valence-electron chi connectivity index (χ0n) is 10.7. The van der Waals surface area contributed by atoms with Crippen molar-refractivity contribution in [1.29, 1.82) is 0 Å². The number of amides is 1. The maximum atomic E-state index is 13.6. The summed E-state index contributed by atoms with van der Waals surface area (Å²) in [7, 11) is 0. The second-order valence-corrected chi connectivity index (χ2v) is 4.32. The highest BCUT2D eigenvalue weighted by Gasteiger charge is 2.10. The van der Waals surface area contributed by atoms with Crippen LogP contribution in [-0.2, 0) is 0 Å². The lowest BCUT2D eigenvalue weighted by Crippen LogP contribution is -2.22. The molecule has 2 aromatic heterocycles. The molecule has 2 heterocycles. The third-order valence-corrected chi connectivity index (χ3v) is 2.94. The smallest absolute Gasteiger partial charge is 0.267 e. The van der Waals surface area contributed by atoms with Gasteiger partial charge in [-0.25, -0.2) is 14.4 Å². The van der Waals surface area contributed by atoms with Gasteiger partial charge in [0.05, 0.1) is 11.1 Å². The number of rotatable bonds is 2. The lowest BCUT2D eigenvalue weighted by Gasteiger charge is -2.07. The van der Waals surface area contributed by atoms with Gasteiger partial charge in [0.25, 0.3) is 5.91 Å². The highest BCUT2D eigenvalue weighted by atomic mass is 19.1. The molecule has 0 radical (unpaired) electrons. The van der Waals surface area contributed by atoms with Crippen molar-refractivity contribution in [2.45, 2.75) is 6.92 Å². The lowest BCUT2D eigenvalue weighted by molar-refractivity contribution is 0.101. The van der Waals surface area contributed by atoms with E-state index in [1.807, 2.05) is 0 Å². The number of carbonyl (C=O) groups is 1. The van der Waals surface area contributed by atoms with Crippen molar-refractivity contribution in [3.05, 3.63) is 60.1 Å². The van der Waals surface area contributed by atoms with Crippen LogP contribution in [0.15, 0.2) is 42.9 Å². The van der Waals surface area contributed by atoms with E-state index >= 15 is 0 Å². The number of aryl methyl sites for hydroxylation is 1. The summed E-state index contributed by atoms with van der Waals surface area (Å²) in [6.07, 6.45) is 4.49. The van der Waals surface area contributed by atoms with Gasteiger partial charge in [0, 0.05) is 24.0 Å². The van der Waals surface area contributed by atoms with E-state index in [1.165, 1.54) is 23.1 Å². The summed E-state index contributed by atoms with van der Waals surface area (Å²) in [6, 6.07) is 6.30. The fourth-order valence-electron chi connectivity index (χ4n) is 1.91. The molecule has 0 saturated carbocycles. The first-order chi connectivity index (χ1) is 9.65. The molecule has 100 valence electrons. The van der Waals surface area contributed by atoms with E-state index in [0.29, 0.717) is 22.3 Å². The molecule has 6 heteroatoms. The summed E-state index contributed by atoms with van der Waals surface area (Å²) in [4.78, 5) is 20.0. The second-order valence-electron chi connectivity index (χ2n) is 4.32. The van der Waals surface area contributed by atoms with Gasteiger partial charge in [-0.3, -0.25) is 14.9 Å². The molecular formula is C14H11FN4O. The topological polar surface area (TPSA) is 59.8 Å². The predicted molar refractivity (Wildman–Crippen MR) is 72.4 cm³/mol. The average Bonchev–Trinajstić information content (AvgIpc) is 2.84. The Kier molecular flexibility index (Phi) is 2.90. The van der Waals surface area contributed by atoms with E-state index in [4.69, 9.17) is 0 Å². The zero-order valence-corrected chi connectivity index (χ0v) is 10.7. The van der Waals surface area contributed by atoms with Crippen LogP contribution in [0.25, 0.3) is 10.9 Å². The van der Waals surface area contributed by atoms with Gasteiger partial charge in [0.15, 0.2) is 0 Å². The van der Waals surface area contributed by atoms with E-state index in [2.05, 4.69) is 15.4 Å². The largest absolute Gasteiger partial charge is 0.273 e. The molecule has 0 saturated heterocycles. The fourth-order valence-corrected chi connectivity index (χ4v) is 1.91. The molecular weight excluding hydrogens is 259 g/mol. The van der Waals surface area contributed by atoms with E-state index in [0.717, 1.165) is 0 Å². The third kappa shape index (κ3) is 2.11. The Morgan fingerprint density at radius 2 is 2.00 bits per heavy atom. The predicted octanol–water partition coefficient (Wildman–Crippen LogP) is 2.26. The summed E-state index contributed by atoms with van der Waals surface area (Å²) < 4.78 is 15.0.